The van der Waals surface area contributed by atoms with E-state index in [2.05, 4.69) is 25.3 Å². The van der Waals surface area contributed by atoms with Crippen LogP contribution < -0.4 is 5.32 Å². The van der Waals surface area contributed by atoms with Gasteiger partial charge in [0.1, 0.15) is 0 Å². The summed E-state index contributed by atoms with van der Waals surface area (Å²) in [5, 5.41) is 3.46. The Morgan fingerprint density at radius 2 is 1.67 bits per heavy atom. The van der Waals surface area contributed by atoms with Gasteiger partial charge in [-0.1, -0.05) is 57.8 Å². The molecule has 0 atom stereocenters. The van der Waals surface area contributed by atoms with Gasteiger partial charge in [0.15, 0.2) is 0 Å². The molecule has 0 aromatic heterocycles. The van der Waals surface area contributed by atoms with Crippen LogP contribution in [0.5, 0.6) is 0 Å². The van der Waals surface area contributed by atoms with Crippen molar-refractivity contribution in [2.24, 2.45) is 0 Å². The summed E-state index contributed by atoms with van der Waals surface area (Å²) >= 11 is 0. The van der Waals surface area contributed by atoms with Crippen molar-refractivity contribution >= 4 is 19.7 Å². The number of carbonyl (C=O) groups excluding carboxylic acids is 1. The summed E-state index contributed by atoms with van der Waals surface area (Å²) < 4.78 is 5.00. The zero-order valence-corrected chi connectivity index (χ0v) is 17.0. The van der Waals surface area contributed by atoms with Gasteiger partial charge in [-0.15, -0.1) is 0 Å². The molecule has 0 heterocycles. The fraction of sp³-hybridized carbons (Fsp3) is 0.650. The zero-order valence-electron chi connectivity index (χ0n) is 16.0. The fourth-order valence-electron chi connectivity index (χ4n) is 2.89. The first-order valence-corrected chi connectivity index (χ1v) is 12.9. The molecule has 0 fully saturated rings. The minimum Gasteiger partial charge on any atom is -0.462 e. The molecule has 136 valence electrons. The minimum absolute atomic E-state index is 0.250. The molecule has 0 aliphatic heterocycles. The average molecular weight is 350 g/mol. The predicted molar refractivity (Wildman–Crippen MR) is 107 cm³/mol. The van der Waals surface area contributed by atoms with E-state index in [0.717, 1.165) is 12.2 Å². The molecule has 0 saturated heterocycles. The molecule has 0 unspecified atom stereocenters. The number of ether oxygens (including phenoxy) is 1. The van der Waals surface area contributed by atoms with E-state index in [4.69, 9.17) is 4.74 Å². The Balaban J connectivity index is 2.25. The van der Waals surface area contributed by atoms with Crippen LogP contribution in [0.25, 0.3) is 0 Å². The summed E-state index contributed by atoms with van der Waals surface area (Å²) in [6, 6.07) is 10.4. The number of rotatable bonds is 12. The second kappa shape index (κ2) is 11.3. The van der Waals surface area contributed by atoms with Crippen LogP contribution in [0.1, 0.15) is 56.3 Å². The number of carbonyl (C=O) groups is 1. The predicted octanol–water partition coefficient (Wildman–Crippen LogP) is 5.95. The van der Waals surface area contributed by atoms with Crippen LogP contribution in [0.2, 0.25) is 25.2 Å². The highest BCUT2D eigenvalue weighted by atomic mass is 28.3. The summed E-state index contributed by atoms with van der Waals surface area (Å²) in [5.74, 6) is -0.250. The Bertz CT molecular complexity index is 471. The summed E-state index contributed by atoms with van der Waals surface area (Å²) in [5.41, 5.74) is 1.69. The summed E-state index contributed by atoms with van der Waals surface area (Å²) in [7, 11) is -1.03. The molecule has 1 aromatic rings. The van der Waals surface area contributed by atoms with E-state index in [-0.39, 0.29) is 5.97 Å². The third-order valence-electron chi connectivity index (χ3n) is 4.46. The van der Waals surface area contributed by atoms with Gasteiger partial charge in [0.25, 0.3) is 0 Å². The Hall–Kier alpha value is -1.29. The number of unbranched alkanes of at least 4 members (excludes halogenated alkanes) is 3. The lowest BCUT2D eigenvalue weighted by Gasteiger charge is -2.22. The number of anilines is 1. The zero-order chi connectivity index (χ0) is 17.8. The van der Waals surface area contributed by atoms with Gasteiger partial charge in [-0.2, -0.15) is 0 Å². The van der Waals surface area contributed by atoms with Gasteiger partial charge in [0, 0.05) is 20.3 Å². The van der Waals surface area contributed by atoms with E-state index >= 15 is 0 Å². The van der Waals surface area contributed by atoms with Crippen molar-refractivity contribution in [1.82, 2.24) is 0 Å². The van der Waals surface area contributed by atoms with Crippen LogP contribution in [-0.2, 0) is 4.74 Å². The van der Waals surface area contributed by atoms with Gasteiger partial charge < -0.3 is 10.1 Å². The third-order valence-corrected chi connectivity index (χ3v) is 7.88. The number of hydrogen-bond donors (Lipinski definition) is 1. The number of benzene rings is 1. The largest absolute Gasteiger partial charge is 0.462 e. The van der Waals surface area contributed by atoms with E-state index in [1.807, 2.05) is 31.2 Å². The first-order valence-electron chi connectivity index (χ1n) is 9.49. The number of hydrogen-bond acceptors (Lipinski definition) is 3. The summed E-state index contributed by atoms with van der Waals surface area (Å²) in [6.45, 7) is 10.6. The molecule has 0 amide bonds. The van der Waals surface area contributed by atoms with E-state index in [1.165, 1.54) is 44.2 Å². The number of nitrogens with one attached hydrogen (secondary N) is 1. The van der Waals surface area contributed by atoms with E-state index in [0.29, 0.717) is 12.2 Å². The molecular weight excluding hydrogens is 314 g/mol. The quantitative estimate of drug-likeness (QED) is 0.288. The molecule has 4 heteroatoms. The van der Waals surface area contributed by atoms with Gasteiger partial charge in [-0.3, -0.25) is 0 Å². The molecule has 0 aliphatic carbocycles. The van der Waals surface area contributed by atoms with Crippen LogP contribution in [0.3, 0.4) is 0 Å². The van der Waals surface area contributed by atoms with Crippen LogP contribution in [0.15, 0.2) is 24.3 Å². The Morgan fingerprint density at radius 1 is 1.00 bits per heavy atom. The molecule has 0 bridgehead atoms. The Labute approximate surface area is 149 Å². The first-order chi connectivity index (χ1) is 11.5. The molecule has 0 radical (unpaired) electrons. The van der Waals surface area contributed by atoms with Gasteiger partial charge in [-0.05, 0) is 37.6 Å². The first kappa shape index (κ1) is 20.8. The SMILES string of the molecule is CCCCCC[Si](C)(C)CCCNc1ccc(C(=O)OCC)cc1. The lowest BCUT2D eigenvalue weighted by molar-refractivity contribution is 0.0526. The molecular formula is C20H35NO2Si. The molecule has 1 rings (SSSR count). The van der Waals surface area contributed by atoms with Crippen molar-refractivity contribution < 1.29 is 9.53 Å². The molecule has 0 spiro atoms. The maximum absolute atomic E-state index is 11.6. The van der Waals surface area contributed by atoms with E-state index < -0.39 is 8.07 Å². The normalized spacial score (nSPS) is 11.3. The maximum Gasteiger partial charge on any atom is 0.338 e. The van der Waals surface area contributed by atoms with Gasteiger partial charge in [-0.25, -0.2) is 4.79 Å². The van der Waals surface area contributed by atoms with Crippen LogP contribution >= 0.6 is 0 Å². The fourth-order valence-corrected chi connectivity index (χ4v) is 5.48. The van der Waals surface area contributed by atoms with Crippen molar-refractivity contribution in [3.05, 3.63) is 29.8 Å². The Morgan fingerprint density at radius 3 is 2.29 bits per heavy atom. The van der Waals surface area contributed by atoms with Crippen LogP contribution in [0, 0.1) is 0 Å². The monoisotopic (exact) mass is 349 g/mol. The average Bonchev–Trinajstić information content (AvgIpc) is 2.56. The van der Waals surface area contributed by atoms with Crippen LogP contribution in [-0.4, -0.2) is 27.2 Å². The summed E-state index contributed by atoms with van der Waals surface area (Å²) in [4.78, 5) is 11.6. The van der Waals surface area contributed by atoms with Gasteiger partial charge >= 0.3 is 5.97 Å². The highest BCUT2D eigenvalue weighted by Crippen LogP contribution is 2.21. The van der Waals surface area contributed by atoms with Crippen molar-refractivity contribution in [3.8, 4) is 0 Å². The third kappa shape index (κ3) is 8.53. The second-order valence-electron chi connectivity index (χ2n) is 7.30. The van der Waals surface area contributed by atoms with Gasteiger partial charge in [0.05, 0.1) is 12.2 Å². The lowest BCUT2D eigenvalue weighted by Crippen LogP contribution is -2.25. The minimum atomic E-state index is -1.03. The van der Waals surface area contributed by atoms with Crippen molar-refractivity contribution in [3.63, 3.8) is 0 Å². The van der Waals surface area contributed by atoms with Crippen molar-refractivity contribution in [2.75, 3.05) is 18.5 Å². The molecule has 1 N–H and O–H groups in total. The highest BCUT2D eigenvalue weighted by Gasteiger charge is 2.19. The highest BCUT2D eigenvalue weighted by molar-refractivity contribution is 6.77. The van der Waals surface area contributed by atoms with E-state index in [1.54, 1.807) is 0 Å². The second-order valence-corrected chi connectivity index (χ2v) is 12.6. The molecule has 3 nitrogen and oxygen atoms in total. The molecule has 0 saturated carbocycles. The smallest absolute Gasteiger partial charge is 0.338 e. The van der Waals surface area contributed by atoms with Gasteiger partial charge in [0.2, 0.25) is 0 Å². The molecule has 1 aromatic carbocycles. The topological polar surface area (TPSA) is 38.3 Å². The molecule has 0 aliphatic rings. The number of esters is 1. The Kier molecular flexibility index (Phi) is 9.77. The van der Waals surface area contributed by atoms with Crippen molar-refractivity contribution in [1.29, 1.82) is 0 Å². The summed E-state index contributed by atoms with van der Waals surface area (Å²) in [6.07, 6.45) is 6.75. The molecule has 24 heavy (non-hydrogen) atoms. The standard InChI is InChI=1S/C20H35NO2Si/c1-5-7-8-9-16-24(3,4)17-10-15-21-19-13-11-18(12-14-19)20(22)23-6-2/h11-14,21H,5-10,15-17H2,1-4H3. The van der Waals surface area contributed by atoms with Crippen LogP contribution in [0.4, 0.5) is 5.69 Å². The van der Waals surface area contributed by atoms with Crippen molar-refractivity contribution in [2.45, 2.75) is 71.1 Å². The maximum atomic E-state index is 11.6. The van der Waals surface area contributed by atoms with E-state index in [9.17, 15) is 4.79 Å². The lowest BCUT2D eigenvalue weighted by atomic mass is 10.2.